The Balaban J connectivity index is 2.16. The van der Waals surface area contributed by atoms with Crippen LogP contribution >= 0.6 is 0 Å². The lowest BCUT2D eigenvalue weighted by molar-refractivity contribution is 0.303. The first-order chi connectivity index (χ1) is 9.70. The van der Waals surface area contributed by atoms with E-state index in [4.69, 9.17) is 4.74 Å². The minimum Gasteiger partial charge on any atom is -0.488 e. The molecule has 0 fully saturated rings. The number of nitrogens with one attached hydrogen (secondary N) is 1. The maximum absolute atomic E-state index is 14.3. The number of H-pyrrole nitrogens is 1. The number of imidazole rings is 1. The summed E-state index contributed by atoms with van der Waals surface area (Å²) in [5, 5.41) is 0. The van der Waals surface area contributed by atoms with Crippen LogP contribution in [0, 0.1) is 11.6 Å². The summed E-state index contributed by atoms with van der Waals surface area (Å²) in [6.07, 6.45) is 0. The first-order valence-electron chi connectivity index (χ1n) is 6.26. The number of benzene rings is 2. The second-order valence-corrected chi connectivity index (χ2v) is 4.27. The van der Waals surface area contributed by atoms with Gasteiger partial charge in [-0.1, -0.05) is 12.1 Å². The Kier molecular flexibility index (Phi) is 3.10. The number of aromatic nitrogens is 2. The summed E-state index contributed by atoms with van der Waals surface area (Å²) in [6.45, 7) is 1.87. The van der Waals surface area contributed by atoms with E-state index in [1.54, 1.807) is 6.92 Å². The van der Waals surface area contributed by atoms with Gasteiger partial charge in [-0.3, -0.25) is 0 Å². The molecule has 102 valence electrons. The van der Waals surface area contributed by atoms with Crippen LogP contribution in [-0.4, -0.2) is 16.6 Å². The Labute approximate surface area is 114 Å². The van der Waals surface area contributed by atoms with Gasteiger partial charge in [0.25, 0.3) is 0 Å². The maximum Gasteiger partial charge on any atom is 0.191 e. The van der Waals surface area contributed by atoms with E-state index in [9.17, 15) is 8.78 Å². The van der Waals surface area contributed by atoms with Gasteiger partial charge in [-0.05, 0) is 31.2 Å². The largest absolute Gasteiger partial charge is 0.488 e. The average molecular weight is 274 g/mol. The van der Waals surface area contributed by atoms with E-state index in [0.29, 0.717) is 5.82 Å². The molecule has 1 N–H and O–H groups in total. The van der Waals surface area contributed by atoms with Gasteiger partial charge in [-0.2, -0.15) is 0 Å². The predicted molar refractivity (Wildman–Crippen MR) is 72.6 cm³/mol. The Morgan fingerprint density at radius 2 is 1.95 bits per heavy atom. The molecule has 20 heavy (non-hydrogen) atoms. The molecule has 0 atom stereocenters. The van der Waals surface area contributed by atoms with E-state index in [-0.39, 0.29) is 17.9 Å². The van der Waals surface area contributed by atoms with Crippen LogP contribution in [-0.2, 0) is 0 Å². The SMILES string of the molecule is CCOc1c(F)ccc(-c2nc3ccccc3[nH]2)c1F. The third-order valence-electron chi connectivity index (χ3n) is 2.98. The van der Waals surface area contributed by atoms with Gasteiger partial charge in [0, 0.05) is 0 Å². The Hall–Kier alpha value is -2.43. The van der Waals surface area contributed by atoms with Crippen LogP contribution in [0.25, 0.3) is 22.4 Å². The molecule has 2 aromatic carbocycles. The standard InChI is InChI=1S/C15H12F2N2O/c1-2-20-14-10(16)8-7-9(13(14)17)15-18-11-5-3-4-6-12(11)19-15/h3-8H,2H2,1H3,(H,18,19). The molecule has 0 saturated carbocycles. The number of halogens is 2. The Morgan fingerprint density at radius 3 is 2.70 bits per heavy atom. The lowest BCUT2D eigenvalue weighted by atomic mass is 10.2. The van der Waals surface area contributed by atoms with E-state index in [1.165, 1.54) is 12.1 Å². The molecule has 0 bridgehead atoms. The van der Waals surface area contributed by atoms with Gasteiger partial charge < -0.3 is 9.72 Å². The molecule has 3 nitrogen and oxygen atoms in total. The molecule has 0 unspecified atom stereocenters. The summed E-state index contributed by atoms with van der Waals surface area (Å²) < 4.78 is 32.9. The van der Waals surface area contributed by atoms with Gasteiger partial charge >= 0.3 is 0 Å². The number of hydrogen-bond donors (Lipinski definition) is 1. The van der Waals surface area contributed by atoms with E-state index < -0.39 is 11.6 Å². The van der Waals surface area contributed by atoms with E-state index in [2.05, 4.69) is 9.97 Å². The molecular formula is C15H12F2N2O. The zero-order chi connectivity index (χ0) is 14.1. The number of ether oxygens (including phenoxy) is 1. The van der Waals surface area contributed by atoms with Gasteiger partial charge in [-0.25, -0.2) is 13.8 Å². The highest BCUT2D eigenvalue weighted by Gasteiger charge is 2.18. The third kappa shape index (κ3) is 2.01. The first kappa shape index (κ1) is 12.6. The topological polar surface area (TPSA) is 37.9 Å². The summed E-state index contributed by atoms with van der Waals surface area (Å²) >= 11 is 0. The van der Waals surface area contributed by atoms with Crippen molar-refractivity contribution in [3.05, 3.63) is 48.0 Å². The highest BCUT2D eigenvalue weighted by Crippen LogP contribution is 2.31. The number of hydrogen-bond acceptors (Lipinski definition) is 2. The number of fused-ring (bicyclic) bond motifs is 1. The summed E-state index contributed by atoms with van der Waals surface area (Å²) in [5.74, 6) is -1.48. The van der Waals surface area contributed by atoms with Gasteiger partial charge in [0.05, 0.1) is 23.2 Å². The zero-order valence-electron chi connectivity index (χ0n) is 10.8. The van der Waals surface area contributed by atoms with Crippen molar-refractivity contribution in [3.8, 4) is 17.1 Å². The van der Waals surface area contributed by atoms with Gasteiger partial charge in [0.2, 0.25) is 0 Å². The van der Waals surface area contributed by atoms with Crippen molar-refractivity contribution in [3.63, 3.8) is 0 Å². The molecule has 0 spiro atoms. The minimum absolute atomic E-state index is 0.186. The molecule has 1 heterocycles. The molecule has 0 radical (unpaired) electrons. The Morgan fingerprint density at radius 1 is 1.15 bits per heavy atom. The van der Waals surface area contributed by atoms with E-state index in [1.807, 2.05) is 24.3 Å². The van der Waals surface area contributed by atoms with Crippen LogP contribution < -0.4 is 4.74 Å². The maximum atomic E-state index is 14.3. The van der Waals surface area contributed by atoms with Crippen LogP contribution in [0.3, 0.4) is 0 Å². The molecule has 5 heteroatoms. The highest BCUT2D eigenvalue weighted by atomic mass is 19.1. The number of aromatic amines is 1. The van der Waals surface area contributed by atoms with Crippen molar-refractivity contribution in [2.24, 2.45) is 0 Å². The summed E-state index contributed by atoms with van der Waals surface area (Å²) in [4.78, 5) is 7.31. The monoisotopic (exact) mass is 274 g/mol. The number of rotatable bonds is 3. The van der Waals surface area contributed by atoms with Crippen LogP contribution in [0.5, 0.6) is 5.75 Å². The fourth-order valence-corrected chi connectivity index (χ4v) is 2.07. The molecule has 0 aliphatic rings. The zero-order valence-corrected chi connectivity index (χ0v) is 10.8. The van der Waals surface area contributed by atoms with Crippen molar-refractivity contribution in [1.82, 2.24) is 9.97 Å². The number of nitrogens with zero attached hydrogens (tertiary/aromatic N) is 1. The molecule has 3 rings (SSSR count). The molecule has 0 saturated heterocycles. The van der Waals surface area contributed by atoms with Gasteiger partial charge in [0.1, 0.15) is 5.82 Å². The summed E-state index contributed by atoms with van der Waals surface area (Å²) in [6, 6.07) is 9.90. The minimum atomic E-state index is -0.745. The summed E-state index contributed by atoms with van der Waals surface area (Å²) in [5.41, 5.74) is 1.71. The van der Waals surface area contributed by atoms with E-state index in [0.717, 1.165) is 11.0 Å². The fourth-order valence-electron chi connectivity index (χ4n) is 2.07. The van der Waals surface area contributed by atoms with Crippen molar-refractivity contribution >= 4 is 11.0 Å². The highest BCUT2D eigenvalue weighted by molar-refractivity contribution is 5.79. The van der Waals surface area contributed by atoms with Crippen LogP contribution in [0.4, 0.5) is 8.78 Å². The molecule has 0 amide bonds. The Bertz CT molecular complexity index is 735. The van der Waals surface area contributed by atoms with Crippen molar-refractivity contribution in [2.75, 3.05) is 6.61 Å². The molecule has 0 aliphatic carbocycles. The van der Waals surface area contributed by atoms with Crippen LogP contribution in [0.15, 0.2) is 36.4 Å². The van der Waals surface area contributed by atoms with E-state index >= 15 is 0 Å². The fraction of sp³-hybridized carbons (Fsp3) is 0.133. The van der Waals surface area contributed by atoms with Crippen molar-refractivity contribution in [2.45, 2.75) is 6.92 Å². The molecule has 0 aliphatic heterocycles. The van der Waals surface area contributed by atoms with Crippen molar-refractivity contribution in [1.29, 1.82) is 0 Å². The second kappa shape index (κ2) is 4.92. The van der Waals surface area contributed by atoms with Gasteiger partial charge in [-0.15, -0.1) is 0 Å². The molecular weight excluding hydrogens is 262 g/mol. The van der Waals surface area contributed by atoms with Gasteiger partial charge in [0.15, 0.2) is 17.4 Å². The second-order valence-electron chi connectivity index (χ2n) is 4.27. The molecule has 3 aromatic rings. The molecule has 1 aromatic heterocycles. The van der Waals surface area contributed by atoms with Crippen LogP contribution in [0.1, 0.15) is 6.92 Å². The lowest BCUT2D eigenvalue weighted by Crippen LogP contribution is -2.00. The van der Waals surface area contributed by atoms with Crippen molar-refractivity contribution < 1.29 is 13.5 Å². The smallest absolute Gasteiger partial charge is 0.191 e. The summed E-state index contributed by atoms with van der Waals surface area (Å²) in [7, 11) is 0. The third-order valence-corrected chi connectivity index (χ3v) is 2.98. The number of para-hydroxylation sites is 2. The van der Waals surface area contributed by atoms with Crippen LogP contribution in [0.2, 0.25) is 0 Å². The quantitative estimate of drug-likeness (QED) is 0.786. The predicted octanol–water partition coefficient (Wildman–Crippen LogP) is 3.91. The average Bonchev–Trinajstić information content (AvgIpc) is 2.87. The normalized spacial score (nSPS) is 10.9. The lowest BCUT2D eigenvalue weighted by Gasteiger charge is -2.08. The first-order valence-corrected chi connectivity index (χ1v) is 6.26.